The minimum Gasteiger partial charge on any atom is -0.480 e. The summed E-state index contributed by atoms with van der Waals surface area (Å²) >= 11 is 7.30. The highest BCUT2D eigenvalue weighted by Gasteiger charge is 2.41. The number of thiophene rings is 1. The quantitative estimate of drug-likeness (QED) is 0.835. The Kier molecular flexibility index (Phi) is 4.88. The molecule has 0 bridgehead atoms. The van der Waals surface area contributed by atoms with E-state index < -0.39 is 11.5 Å². The largest absolute Gasteiger partial charge is 0.480 e. The van der Waals surface area contributed by atoms with Crippen LogP contribution in [0.3, 0.4) is 0 Å². The van der Waals surface area contributed by atoms with Gasteiger partial charge in [0.25, 0.3) is 0 Å². The molecule has 1 unspecified atom stereocenters. The lowest BCUT2D eigenvalue weighted by Gasteiger charge is -2.22. The van der Waals surface area contributed by atoms with E-state index >= 15 is 0 Å². The Labute approximate surface area is 132 Å². The molecule has 1 saturated heterocycles. The number of rotatable bonds is 5. The summed E-state index contributed by atoms with van der Waals surface area (Å²) in [5.41, 5.74) is 4.56. The maximum atomic E-state index is 12.2. The summed E-state index contributed by atoms with van der Waals surface area (Å²) in [5, 5.41) is 9.07. The van der Waals surface area contributed by atoms with Crippen LogP contribution in [-0.4, -0.2) is 59.0 Å². The van der Waals surface area contributed by atoms with Crippen molar-refractivity contribution in [2.75, 3.05) is 26.7 Å². The van der Waals surface area contributed by atoms with Gasteiger partial charge in [-0.15, -0.1) is 11.3 Å². The predicted molar refractivity (Wildman–Crippen MR) is 81.4 cm³/mol. The first-order chi connectivity index (χ1) is 9.80. The molecule has 116 valence electrons. The fourth-order valence-corrected chi connectivity index (χ4v) is 3.44. The third-order valence-corrected chi connectivity index (χ3v) is 4.83. The minimum atomic E-state index is -1.24. The first-order valence-corrected chi connectivity index (χ1v) is 7.72. The number of hydrogen-bond acceptors (Lipinski definition) is 5. The first-order valence-electron chi connectivity index (χ1n) is 6.53. The summed E-state index contributed by atoms with van der Waals surface area (Å²) in [6.45, 7) is 1.40. The third kappa shape index (κ3) is 3.94. The molecule has 21 heavy (non-hydrogen) atoms. The van der Waals surface area contributed by atoms with Gasteiger partial charge in [0, 0.05) is 25.0 Å². The lowest BCUT2D eigenvalue weighted by atomic mass is 10.0. The SMILES string of the molecule is CN(Cc1ccc(Cl)s1)C(=O)CN1CCC(N)(C(=O)O)C1. The number of hydrogen-bond donors (Lipinski definition) is 2. The van der Waals surface area contributed by atoms with Crippen molar-refractivity contribution >= 4 is 34.8 Å². The lowest BCUT2D eigenvalue weighted by Crippen LogP contribution is -2.50. The Morgan fingerprint density at radius 3 is 2.81 bits per heavy atom. The van der Waals surface area contributed by atoms with Crippen LogP contribution in [0.15, 0.2) is 12.1 Å². The van der Waals surface area contributed by atoms with Crippen LogP contribution in [0.25, 0.3) is 0 Å². The van der Waals surface area contributed by atoms with Crippen molar-refractivity contribution < 1.29 is 14.7 Å². The molecule has 0 aromatic carbocycles. The molecule has 1 atom stereocenters. The van der Waals surface area contributed by atoms with E-state index in [2.05, 4.69) is 0 Å². The number of nitrogens with two attached hydrogens (primary N) is 1. The maximum absolute atomic E-state index is 12.2. The molecular formula is C13H18ClN3O3S. The molecule has 0 saturated carbocycles. The van der Waals surface area contributed by atoms with Crippen molar-refractivity contribution in [3.05, 3.63) is 21.3 Å². The number of halogens is 1. The highest BCUT2D eigenvalue weighted by molar-refractivity contribution is 7.16. The normalized spacial score (nSPS) is 22.4. The van der Waals surface area contributed by atoms with E-state index in [1.54, 1.807) is 22.9 Å². The molecule has 3 N–H and O–H groups in total. The topological polar surface area (TPSA) is 86.9 Å². The highest BCUT2D eigenvalue weighted by atomic mass is 35.5. The number of carbonyl (C=O) groups is 2. The molecule has 1 fully saturated rings. The van der Waals surface area contributed by atoms with Crippen molar-refractivity contribution in [1.82, 2.24) is 9.80 Å². The van der Waals surface area contributed by atoms with Crippen LogP contribution >= 0.6 is 22.9 Å². The number of amides is 1. The summed E-state index contributed by atoms with van der Waals surface area (Å²) in [5.74, 6) is -1.08. The second kappa shape index (κ2) is 6.31. The fraction of sp³-hybridized carbons (Fsp3) is 0.538. The average molecular weight is 332 g/mol. The van der Waals surface area contributed by atoms with Gasteiger partial charge in [0.1, 0.15) is 5.54 Å². The Hall–Kier alpha value is -1.15. The highest BCUT2D eigenvalue weighted by Crippen LogP contribution is 2.23. The predicted octanol–water partition coefficient (Wildman–Crippen LogP) is 0.848. The fourth-order valence-electron chi connectivity index (χ4n) is 2.29. The van der Waals surface area contributed by atoms with Crippen LogP contribution in [0.2, 0.25) is 4.34 Å². The Balaban J connectivity index is 1.86. The molecule has 0 spiro atoms. The smallest absolute Gasteiger partial charge is 0.325 e. The first kappa shape index (κ1) is 16.2. The number of likely N-dealkylation sites (tertiary alicyclic amines) is 1. The molecule has 1 amide bonds. The van der Waals surface area contributed by atoms with Gasteiger partial charge < -0.3 is 15.7 Å². The van der Waals surface area contributed by atoms with Gasteiger partial charge >= 0.3 is 5.97 Å². The second-order valence-corrected chi connectivity index (χ2v) is 7.18. The van der Waals surface area contributed by atoms with Gasteiger partial charge in [-0.05, 0) is 18.6 Å². The number of likely N-dealkylation sites (N-methyl/N-ethyl adjacent to an activating group) is 1. The molecule has 8 heteroatoms. The van der Waals surface area contributed by atoms with E-state index in [0.29, 0.717) is 23.8 Å². The summed E-state index contributed by atoms with van der Waals surface area (Å²) in [4.78, 5) is 27.6. The Morgan fingerprint density at radius 1 is 1.57 bits per heavy atom. The van der Waals surface area contributed by atoms with Gasteiger partial charge in [-0.25, -0.2) is 0 Å². The maximum Gasteiger partial charge on any atom is 0.325 e. The van der Waals surface area contributed by atoms with Crippen LogP contribution in [-0.2, 0) is 16.1 Å². The standard InChI is InChI=1S/C13H18ClN3O3S/c1-16(6-9-2-3-10(14)21-9)11(18)7-17-5-4-13(15,8-17)12(19)20/h2-3H,4-8,15H2,1H3,(H,19,20). The van der Waals surface area contributed by atoms with E-state index in [1.807, 2.05) is 6.07 Å². The summed E-state index contributed by atoms with van der Waals surface area (Å²) in [7, 11) is 1.72. The molecule has 2 heterocycles. The number of aliphatic carboxylic acids is 1. The molecule has 0 aliphatic carbocycles. The molecule has 1 aromatic heterocycles. The van der Waals surface area contributed by atoms with Crippen LogP contribution in [0.5, 0.6) is 0 Å². The van der Waals surface area contributed by atoms with Gasteiger partial charge in [-0.1, -0.05) is 11.6 Å². The van der Waals surface area contributed by atoms with E-state index in [0.717, 1.165) is 4.88 Å². The van der Waals surface area contributed by atoms with Crippen molar-refractivity contribution in [2.24, 2.45) is 5.73 Å². The molecular weight excluding hydrogens is 314 g/mol. The average Bonchev–Trinajstić information content (AvgIpc) is 2.97. The van der Waals surface area contributed by atoms with Crippen molar-refractivity contribution in [3.63, 3.8) is 0 Å². The zero-order valence-corrected chi connectivity index (χ0v) is 13.3. The Morgan fingerprint density at radius 2 is 2.29 bits per heavy atom. The van der Waals surface area contributed by atoms with Gasteiger partial charge in [0.15, 0.2) is 0 Å². The zero-order valence-electron chi connectivity index (χ0n) is 11.7. The van der Waals surface area contributed by atoms with Crippen molar-refractivity contribution in [3.8, 4) is 0 Å². The third-order valence-electron chi connectivity index (χ3n) is 3.61. The number of carbonyl (C=O) groups excluding carboxylic acids is 1. The molecule has 0 radical (unpaired) electrons. The second-order valence-electron chi connectivity index (χ2n) is 5.38. The van der Waals surface area contributed by atoms with Crippen molar-refractivity contribution in [2.45, 2.75) is 18.5 Å². The zero-order chi connectivity index (χ0) is 15.6. The van der Waals surface area contributed by atoms with E-state index in [1.165, 1.54) is 11.3 Å². The van der Waals surface area contributed by atoms with Crippen molar-refractivity contribution in [1.29, 1.82) is 0 Å². The summed E-state index contributed by atoms with van der Waals surface area (Å²) in [6, 6.07) is 3.69. The molecule has 1 aliphatic rings. The van der Waals surface area contributed by atoms with E-state index in [-0.39, 0.29) is 19.0 Å². The monoisotopic (exact) mass is 331 g/mol. The van der Waals surface area contributed by atoms with Gasteiger partial charge in [0.05, 0.1) is 17.4 Å². The van der Waals surface area contributed by atoms with Gasteiger partial charge in [-0.2, -0.15) is 0 Å². The molecule has 2 rings (SSSR count). The summed E-state index contributed by atoms with van der Waals surface area (Å²) < 4.78 is 0.694. The van der Waals surface area contributed by atoms with Crippen LogP contribution < -0.4 is 5.73 Å². The Bertz CT molecular complexity index is 551. The lowest BCUT2D eigenvalue weighted by molar-refractivity contribution is -0.143. The molecule has 6 nitrogen and oxygen atoms in total. The number of carboxylic acids is 1. The van der Waals surface area contributed by atoms with E-state index in [4.69, 9.17) is 22.4 Å². The van der Waals surface area contributed by atoms with E-state index in [9.17, 15) is 9.59 Å². The molecule has 1 aliphatic heterocycles. The number of carboxylic acid groups (broad SMARTS) is 1. The molecule has 1 aromatic rings. The van der Waals surface area contributed by atoms with Crippen LogP contribution in [0.1, 0.15) is 11.3 Å². The van der Waals surface area contributed by atoms with Crippen LogP contribution in [0.4, 0.5) is 0 Å². The minimum absolute atomic E-state index is 0.0610. The number of nitrogens with zero attached hydrogens (tertiary/aromatic N) is 2. The van der Waals surface area contributed by atoms with Gasteiger partial charge in [0.2, 0.25) is 5.91 Å². The van der Waals surface area contributed by atoms with Gasteiger partial charge in [-0.3, -0.25) is 14.5 Å². The summed E-state index contributed by atoms with van der Waals surface area (Å²) in [6.07, 6.45) is 0.361. The van der Waals surface area contributed by atoms with Crippen LogP contribution in [0, 0.1) is 0 Å².